The summed E-state index contributed by atoms with van der Waals surface area (Å²) in [7, 11) is 0. The molecule has 0 aliphatic carbocycles. The van der Waals surface area contributed by atoms with Crippen LogP contribution in [0.4, 0.5) is 5.82 Å². The zero-order chi connectivity index (χ0) is 15.8. The van der Waals surface area contributed by atoms with Crippen molar-refractivity contribution >= 4 is 23.1 Å². The second kappa shape index (κ2) is 5.37. The van der Waals surface area contributed by atoms with E-state index in [0.29, 0.717) is 16.5 Å². The van der Waals surface area contributed by atoms with E-state index in [2.05, 4.69) is 15.1 Å². The van der Waals surface area contributed by atoms with Gasteiger partial charge in [0.25, 0.3) is 0 Å². The molecule has 0 aliphatic rings. The average molecular weight is 322 g/mol. The normalized spacial score (nSPS) is 11.0. The van der Waals surface area contributed by atoms with Gasteiger partial charge in [-0.3, -0.25) is 4.98 Å². The molecule has 112 valence electrons. The van der Waals surface area contributed by atoms with Crippen LogP contribution >= 0.6 is 11.6 Å². The fourth-order valence-electron chi connectivity index (χ4n) is 2.50. The van der Waals surface area contributed by atoms with E-state index in [-0.39, 0.29) is 0 Å². The summed E-state index contributed by atoms with van der Waals surface area (Å²) in [5, 5.41) is 5.06. The van der Waals surface area contributed by atoms with Gasteiger partial charge in [-0.1, -0.05) is 29.8 Å². The second-order valence-electron chi connectivity index (χ2n) is 5.09. The molecule has 0 radical (unpaired) electrons. The molecule has 23 heavy (non-hydrogen) atoms. The lowest BCUT2D eigenvalue weighted by Crippen LogP contribution is -1.92. The maximum atomic E-state index is 6.06. The number of benzene rings is 1. The zero-order valence-electron chi connectivity index (χ0n) is 12.0. The molecule has 3 aromatic heterocycles. The predicted octanol–water partition coefficient (Wildman–Crippen LogP) is 3.69. The van der Waals surface area contributed by atoms with Crippen molar-refractivity contribution in [3.8, 4) is 22.4 Å². The highest BCUT2D eigenvalue weighted by atomic mass is 35.5. The van der Waals surface area contributed by atoms with Gasteiger partial charge in [-0.15, -0.1) is 5.10 Å². The Balaban J connectivity index is 1.87. The van der Waals surface area contributed by atoms with Crippen molar-refractivity contribution in [3.05, 3.63) is 66.1 Å². The Labute approximate surface area is 137 Å². The Hall–Kier alpha value is -2.92. The van der Waals surface area contributed by atoms with Crippen LogP contribution in [0.5, 0.6) is 0 Å². The van der Waals surface area contributed by atoms with Crippen LogP contribution in [-0.2, 0) is 0 Å². The lowest BCUT2D eigenvalue weighted by Gasteiger charge is -2.03. The third-order valence-electron chi connectivity index (χ3n) is 3.60. The number of fused-ring (bicyclic) bond motifs is 1. The predicted molar refractivity (Wildman–Crippen MR) is 91.1 cm³/mol. The topological polar surface area (TPSA) is 69.1 Å². The molecule has 0 saturated heterocycles. The van der Waals surface area contributed by atoms with Crippen molar-refractivity contribution in [2.24, 2.45) is 0 Å². The zero-order valence-corrected chi connectivity index (χ0v) is 12.8. The van der Waals surface area contributed by atoms with Crippen molar-refractivity contribution in [2.45, 2.75) is 0 Å². The van der Waals surface area contributed by atoms with Crippen LogP contribution in [0.1, 0.15) is 0 Å². The number of pyridine rings is 1. The fraction of sp³-hybridized carbons (Fsp3) is 0. The summed E-state index contributed by atoms with van der Waals surface area (Å²) in [5.41, 5.74) is 10.2. The van der Waals surface area contributed by atoms with Crippen molar-refractivity contribution < 1.29 is 0 Å². The second-order valence-corrected chi connectivity index (χ2v) is 5.53. The van der Waals surface area contributed by atoms with Gasteiger partial charge in [0.2, 0.25) is 0 Å². The number of rotatable bonds is 2. The number of aromatic nitrogens is 4. The largest absolute Gasteiger partial charge is 0.382 e. The molecular weight excluding hydrogens is 310 g/mol. The van der Waals surface area contributed by atoms with Crippen LogP contribution in [-0.4, -0.2) is 19.6 Å². The fourth-order valence-corrected chi connectivity index (χ4v) is 2.63. The quantitative estimate of drug-likeness (QED) is 0.611. The SMILES string of the molecule is Nc1nn2cc(-c3ccc(Cl)cc3)cnc2c1-c1ccccn1. The van der Waals surface area contributed by atoms with Gasteiger partial charge in [0.1, 0.15) is 0 Å². The van der Waals surface area contributed by atoms with Crippen LogP contribution in [0.15, 0.2) is 61.1 Å². The minimum absolute atomic E-state index is 0.407. The molecule has 6 heteroatoms. The van der Waals surface area contributed by atoms with E-state index >= 15 is 0 Å². The van der Waals surface area contributed by atoms with Gasteiger partial charge in [-0.2, -0.15) is 0 Å². The van der Waals surface area contributed by atoms with Gasteiger partial charge >= 0.3 is 0 Å². The lowest BCUT2D eigenvalue weighted by atomic mass is 10.1. The molecule has 2 N–H and O–H groups in total. The third kappa shape index (κ3) is 2.41. The van der Waals surface area contributed by atoms with E-state index in [9.17, 15) is 0 Å². The number of halogens is 1. The molecule has 0 spiro atoms. The minimum Gasteiger partial charge on any atom is -0.382 e. The maximum Gasteiger partial charge on any atom is 0.166 e. The highest BCUT2D eigenvalue weighted by Crippen LogP contribution is 2.29. The molecule has 0 unspecified atom stereocenters. The number of hydrogen-bond donors (Lipinski definition) is 1. The summed E-state index contributed by atoms with van der Waals surface area (Å²) < 4.78 is 1.68. The minimum atomic E-state index is 0.407. The summed E-state index contributed by atoms with van der Waals surface area (Å²) >= 11 is 5.93. The first-order valence-corrected chi connectivity index (χ1v) is 7.41. The lowest BCUT2D eigenvalue weighted by molar-refractivity contribution is 0.947. The van der Waals surface area contributed by atoms with Crippen LogP contribution in [0.25, 0.3) is 28.0 Å². The molecule has 4 aromatic rings. The summed E-state index contributed by atoms with van der Waals surface area (Å²) in [6, 6.07) is 13.2. The van der Waals surface area contributed by atoms with E-state index in [1.165, 1.54) is 0 Å². The van der Waals surface area contributed by atoms with E-state index in [0.717, 1.165) is 22.4 Å². The van der Waals surface area contributed by atoms with Crippen molar-refractivity contribution in [2.75, 3.05) is 5.73 Å². The Morgan fingerprint density at radius 2 is 1.78 bits per heavy atom. The number of hydrogen-bond acceptors (Lipinski definition) is 4. The van der Waals surface area contributed by atoms with Gasteiger partial charge in [-0.25, -0.2) is 9.50 Å². The summed E-state index contributed by atoms with van der Waals surface area (Å²) in [4.78, 5) is 8.86. The molecule has 5 nitrogen and oxygen atoms in total. The number of nitrogens with two attached hydrogens (primary N) is 1. The molecule has 0 amide bonds. The van der Waals surface area contributed by atoms with Crippen LogP contribution in [0.2, 0.25) is 5.02 Å². The molecule has 4 rings (SSSR count). The first-order valence-electron chi connectivity index (χ1n) is 7.03. The van der Waals surface area contributed by atoms with E-state index in [1.54, 1.807) is 16.9 Å². The Morgan fingerprint density at radius 1 is 0.957 bits per heavy atom. The highest BCUT2D eigenvalue weighted by Gasteiger charge is 2.15. The number of nitrogens with zero attached hydrogens (tertiary/aromatic N) is 4. The number of nitrogen functional groups attached to an aromatic ring is 1. The van der Waals surface area contributed by atoms with Crippen LogP contribution < -0.4 is 5.73 Å². The van der Waals surface area contributed by atoms with Crippen molar-refractivity contribution in [3.63, 3.8) is 0 Å². The van der Waals surface area contributed by atoms with E-state index < -0.39 is 0 Å². The molecular formula is C17H12ClN5. The molecule has 0 bridgehead atoms. The Morgan fingerprint density at radius 3 is 2.52 bits per heavy atom. The molecule has 0 fully saturated rings. The van der Waals surface area contributed by atoms with Crippen LogP contribution in [0.3, 0.4) is 0 Å². The van der Waals surface area contributed by atoms with E-state index in [1.807, 2.05) is 48.7 Å². The van der Waals surface area contributed by atoms with Gasteiger partial charge in [-0.05, 0) is 29.8 Å². The summed E-state index contributed by atoms with van der Waals surface area (Å²) in [6.45, 7) is 0. The van der Waals surface area contributed by atoms with Gasteiger partial charge < -0.3 is 5.73 Å². The molecule has 3 heterocycles. The first kappa shape index (κ1) is 13.7. The standard InChI is InChI=1S/C17H12ClN5/c18-13-6-4-11(5-7-13)12-9-21-17-15(14-3-1-2-8-20-14)16(19)22-23(17)10-12/h1-10H,(H2,19,22). The van der Waals surface area contributed by atoms with Crippen LogP contribution in [0, 0.1) is 0 Å². The summed E-state index contributed by atoms with van der Waals surface area (Å²) in [5.74, 6) is 0.407. The molecule has 0 atom stereocenters. The van der Waals surface area contributed by atoms with Crippen molar-refractivity contribution in [1.29, 1.82) is 0 Å². The Bertz CT molecular complexity index is 977. The van der Waals surface area contributed by atoms with Gasteiger partial charge in [0, 0.05) is 29.2 Å². The van der Waals surface area contributed by atoms with Crippen molar-refractivity contribution in [1.82, 2.24) is 19.6 Å². The average Bonchev–Trinajstić information content (AvgIpc) is 2.91. The van der Waals surface area contributed by atoms with Gasteiger partial charge in [0.15, 0.2) is 11.5 Å². The molecule has 0 aliphatic heterocycles. The van der Waals surface area contributed by atoms with Gasteiger partial charge in [0.05, 0.1) is 11.3 Å². The van der Waals surface area contributed by atoms with E-state index in [4.69, 9.17) is 17.3 Å². The molecule has 0 saturated carbocycles. The number of anilines is 1. The third-order valence-corrected chi connectivity index (χ3v) is 3.85. The Kier molecular flexibility index (Phi) is 3.20. The first-order chi connectivity index (χ1) is 11.2. The monoisotopic (exact) mass is 321 g/mol. The smallest absolute Gasteiger partial charge is 0.166 e. The highest BCUT2D eigenvalue weighted by molar-refractivity contribution is 6.30. The maximum absolute atomic E-state index is 6.06. The molecule has 1 aromatic carbocycles. The summed E-state index contributed by atoms with van der Waals surface area (Å²) in [6.07, 6.45) is 5.42.